The van der Waals surface area contributed by atoms with E-state index in [1.54, 1.807) is 18.4 Å². The molecular formula is C13H15N3O4S. The first-order chi connectivity index (χ1) is 10.1. The molecule has 1 N–H and O–H groups in total. The number of nitrogens with zero attached hydrogens (tertiary/aromatic N) is 3. The van der Waals surface area contributed by atoms with Crippen LogP contribution in [-0.2, 0) is 16.0 Å². The van der Waals surface area contributed by atoms with E-state index in [9.17, 15) is 9.59 Å². The third kappa shape index (κ3) is 4.38. The smallest absolute Gasteiger partial charge is 0.305 e. The van der Waals surface area contributed by atoms with Crippen LogP contribution in [0.4, 0.5) is 0 Å². The van der Waals surface area contributed by atoms with Crippen molar-refractivity contribution in [1.29, 1.82) is 0 Å². The number of thiophene rings is 1. The van der Waals surface area contributed by atoms with Crippen LogP contribution in [0.2, 0.25) is 0 Å². The van der Waals surface area contributed by atoms with E-state index in [1.807, 2.05) is 16.8 Å². The van der Waals surface area contributed by atoms with Gasteiger partial charge in [0.1, 0.15) is 0 Å². The number of carboxylic acid groups (broad SMARTS) is 1. The third-order valence-corrected chi connectivity index (χ3v) is 3.57. The van der Waals surface area contributed by atoms with Crippen LogP contribution in [0, 0.1) is 0 Å². The minimum atomic E-state index is -0.924. The maximum atomic E-state index is 11.8. The van der Waals surface area contributed by atoms with Crippen LogP contribution in [0.1, 0.15) is 18.7 Å². The van der Waals surface area contributed by atoms with Crippen molar-refractivity contribution in [3.63, 3.8) is 0 Å². The van der Waals surface area contributed by atoms with Gasteiger partial charge in [0.05, 0.1) is 6.42 Å². The lowest BCUT2D eigenvalue weighted by molar-refractivity contribution is -0.138. The number of rotatable bonds is 7. The predicted octanol–water partition coefficient (Wildman–Crippen LogP) is 1.66. The highest BCUT2D eigenvalue weighted by molar-refractivity contribution is 7.08. The lowest BCUT2D eigenvalue weighted by Crippen LogP contribution is -2.29. The molecule has 0 bridgehead atoms. The highest BCUT2D eigenvalue weighted by Crippen LogP contribution is 2.19. The SMILES string of the molecule is CN(CCC(=O)O)C(=O)CCc1nc(-c2ccsc2)no1. The van der Waals surface area contributed by atoms with Crippen molar-refractivity contribution in [2.75, 3.05) is 13.6 Å². The van der Waals surface area contributed by atoms with Gasteiger partial charge in [0.25, 0.3) is 0 Å². The number of carbonyl (C=O) groups is 2. The summed E-state index contributed by atoms with van der Waals surface area (Å²) in [5, 5.41) is 16.3. The van der Waals surface area contributed by atoms with Gasteiger partial charge in [-0.1, -0.05) is 5.16 Å². The molecule has 0 saturated heterocycles. The van der Waals surface area contributed by atoms with Crippen LogP contribution < -0.4 is 0 Å². The van der Waals surface area contributed by atoms with Gasteiger partial charge >= 0.3 is 5.97 Å². The summed E-state index contributed by atoms with van der Waals surface area (Å²) < 4.78 is 5.10. The fourth-order valence-corrected chi connectivity index (χ4v) is 2.29. The summed E-state index contributed by atoms with van der Waals surface area (Å²) in [6, 6.07) is 1.89. The molecule has 0 aliphatic heterocycles. The Hall–Kier alpha value is -2.22. The molecule has 0 radical (unpaired) electrons. The van der Waals surface area contributed by atoms with Crippen LogP contribution in [0.3, 0.4) is 0 Å². The minimum absolute atomic E-state index is 0.0644. The number of carbonyl (C=O) groups excluding carboxylic acids is 1. The molecule has 2 aromatic heterocycles. The molecule has 7 nitrogen and oxygen atoms in total. The number of carboxylic acids is 1. The Balaban J connectivity index is 1.83. The summed E-state index contributed by atoms with van der Waals surface area (Å²) in [5.41, 5.74) is 0.889. The molecule has 112 valence electrons. The molecule has 0 aromatic carbocycles. The van der Waals surface area contributed by atoms with Gasteiger partial charge < -0.3 is 14.5 Å². The van der Waals surface area contributed by atoms with Gasteiger partial charge in [-0.25, -0.2) is 0 Å². The van der Waals surface area contributed by atoms with E-state index in [0.717, 1.165) is 5.56 Å². The summed E-state index contributed by atoms with van der Waals surface area (Å²) in [4.78, 5) is 27.9. The Morgan fingerprint density at radius 2 is 2.24 bits per heavy atom. The zero-order valence-corrected chi connectivity index (χ0v) is 12.3. The maximum Gasteiger partial charge on any atom is 0.305 e. The zero-order valence-electron chi connectivity index (χ0n) is 11.5. The first kappa shape index (κ1) is 15.2. The molecular weight excluding hydrogens is 294 g/mol. The monoisotopic (exact) mass is 309 g/mol. The molecule has 0 aliphatic carbocycles. The average Bonchev–Trinajstić information content (AvgIpc) is 3.12. The number of hydrogen-bond acceptors (Lipinski definition) is 6. The quantitative estimate of drug-likeness (QED) is 0.835. The van der Waals surface area contributed by atoms with E-state index in [4.69, 9.17) is 9.63 Å². The van der Waals surface area contributed by atoms with Crippen molar-refractivity contribution >= 4 is 23.2 Å². The zero-order chi connectivity index (χ0) is 15.2. The van der Waals surface area contributed by atoms with E-state index in [-0.39, 0.29) is 25.3 Å². The second-order valence-electron chi connectivity index (χ2n) is 4.48. The van der Waals surface area contributed by atoms with Crippen LogP contribution >= 0.6 is 11.3 Å². The van der Waals surface area contributed by atoms with Gasteiger partial charge in [0.15, 0.2) is 0 Å². The van der Waals surface area contributed by atoms with Crippen molar-refractivity contribution in [3.05, 3.63) is 22.7 Å². The van der Waals surface area contributed by atoms with Crippen LogP contribution in [0.5, 0.6) is 0 Å². The normalized spacial score (nSPS) is 10.5. The summed E-state index contributed by atoms with van der Waals surface area (Å²) in [7, 11) is 1.58. The molecule has 2 aromatic rings. The highest BCUT2D eigenvalue weighted by Gasteiger charge is 2.14. The predicted molar refractivity (Wildman–Crippen MR) is 75.8 cm³/mol. The van der Waals surface area contributed by atoms with E-state index >= 15 is 0 Å². The Morgan fingerprint density at radius 3 is 2.90 bits per heavy atom. The maximum absolute atomic E-state index is 11.8. The Kier molecular flexibility index (Phi) is 5.04. The standard InChI is InChI=1S/C13H15N3O4S/c1-16(6-4-12(18)19)11(17)3-2-10-14-13(15-20-10)9-5-7-21-8-9/h5,7-8H,2-4,6H2,1H3,(H,18,19). The Labute approximate surface area is 125 Å². The van der Waals surface area contributed by atoms with E-state index < -0.39 is 5.97 Å². The fraction of sp³-hybridized carbons (Fsp3) is 0.385. The van der Waals surface area contributed by atoms with Gasteiger partial charge in [-0.05, 0) is 11.4 Å². The average molecular weight is 309 g/mol. The first-order valence-electron chi connectivity index (χ1n) is 6.37. The lowest BCUT2D eigenvalue weighted by atomic mass is 10.2. The van der Waals surface area contributed by atoms with E-state index in [1.165, 1.54) is 4.90 Å². The lowest BCUT2D eigenvalue weighted by Gasteiger charge is -2.15. The first-order valence-corrected chi connectivity index (χ1v) is 7.31. The fourth-order valence-electron chi connectivity index (χ4n) is 1.66. The number of aromatic nitrogens is 2. The number of hydrogen-bond donors (Lipinski definition) is 1. The molecule has 2 rings (SSSR count). The van der Waals surface area contributed by atoms with Crippen LogP contribution in [-0.4, -0.2) is 45.6 Å². The number of amides is 1. The van der Waals surface area contributed by atoms with Crippen LogP contribution in [0.25, 0.3) is 11.4 Å². The molecule has 0 fully saturated rings. The third-order valence-electron chi connectivity index (χ3n) is 2.89. The van der Waals surface area contributed by atoms with Crippen molar-refractivity contribution in [2.24, 2.45) is 0 Å². The van der Waals surface area contributed by atoms with Crippen molar-refractivity contribution in [1.82, 2.24) is 15.0 Å². The van der Waals surface area contributed by atoms with Gasteiger partial charge in [0.2, 0.25) is 17.6 Å². The topological polar surface area (TPSA) is 96.5 Å². The molecule has 2 heterocycles. The number of aryl methyl sites for hydroxylation is 1. The van der Waals surface area contributed by atoms with Crippen molar-refractivity contribution < 1.29 is 19.2 Å². The van der Waals surface area contributed by atoms with Gasteiger partial charge in [-0.2, -0.15) is 16.3 Å². The molecule has 8 heteroatoms. The second kappa shape index (κ2) is 6.98. The summed E-state index contributed by atoms with van der Waals surface area (Å²) in [6.07, 6.45) is 0.486. The summed E-state index contributed by atoms with van der Waals surface area (Å²) in [5.74, 6) is -0.160. The van der Waals surface area contributed by atoms with Gasteiger partial charge in [-0.3, -0.25) is 9.59 Å². The second-order valence-corrected chi connectivity index (χ2v) is 5.26. The van der Waals surface area contributed by atoms with Gasteiger partial charge in [0, 0.05) is 37.4 Å². The van der Waals surface area contributed by atoms with Crippen LogP contribution in [0.15, 0.2) is 21.3 Å². The molecule has 0 unspecified atom stereocenters. The Bertz CT molecular complexity index is 609. The minimum Gasteiger partial charge on any atom is -0.481 e. The Morgan fingerprint density at radius 1 is 1.43 bits per heavy atom. The summed E-state index contributed by atoms with van der Waals surface area (Å²) >= 11 is 1.54. The van der Waals surface area contributed by atoms with Crippen molar-refractivity contribution in [3.8, 4) is 11.4 Å². The van der Waals surface area contributed by atoms with E-state index in [0.29, 0.717) is 18.1 Å². The van der Waals surface area contributed by atoms with E-state index in [2.05, 4.69) is 10.1 Å². The molecule has 21 heavy (non-hydrogen) atoms. The van der Waals surface area contributed by atoms with Gasteiger partial charge in [-0.15, -0.1) is 0 Å². The summed E-state index contributed by atoms with van der Waals surface area (Å²) in [6.45, 7) is 0.193. The largest absolute Gasteiger partial charge is 0.481 e. The van der Waals surface area contributed by atoms with Crippen molar-refractivity contribution in [2.45, 2.75) is 19.3 Å². The molecule has 1 amide bonds. The number of aliphatic carboxylic acids is 1. The molecule has 0 atom stereocenters. The molecule has 0 saturated carbocycles. The molecule has 0 aliphatic rings. The molecule has 0 spiro atoms. The highest BCUT2D eigenvalue weighted by atomic mass is 32.1.